The zero-order valence-corrected chi connectivity index (χ0v) is 12.4. The molecule has 1 aromatic rings. The molecule has 5 nitrogen and oxygen atoms in total. The van der Waals surface area contributed by atoms with E-state index in [9.17, 15) is 9.90 Å². The van der Waals surface area contributed by atoms with Crippen LogP contribution in [0.25, 0.3) is 0 Å². The molecule has 20 heavy (non-hydrogen) atoms. The Hall–Kier alpha value is -1.33. The van der Waals surface area contributed by atoms with E-state index in [0.717, 1.165) is 0 Å². The standard InChI is InChI=1S/C14H19ClN2O3/c1-9(2)20-13-12(15)7-10(8-16-13)14(19)17-5-3-11(18)4-6-17/h7-9,11,18H,3-6H2,1-2H3. The molecular formula is C14H19ClN2O3. The number of carbonyl (C=O) groups is 1. The Morgan fingerprint density at radius 2 is 2.15 bits per heavy atom. The highest BCUT2D eigenvalue weighted by Crippen LogP contribution is 2.24. The molecule has 0 unspecified atom stereocenters. The van der Waals surface area contributed by atoms with Crippen LogP contribution in [0.5, 0.6) is 5.88 Å². The molecule has 0 aromatic carbocycles. The lowest BCUT2D eigenvalue weighted by molar-refractivity contribution is 0.0546. The van der Waals surface area contributed by atoms with Gasteiger partial charge in [-0.1, -0.05) is 11.6 Å². The van der Waals surface area contributed by atoms with Crippen LogP contribution in [0, 0.1) is 0 Å². The number of hydrogen-bond donors (Lipinski definition) is 1. The topological polar surface area (TPSA) is 62.7 Å². The van der Waals surface area contributed by atoms with Gasteiger partial charge in [0.1, 0.15) is 5.02 Å². The van der Waals surface area contributed by atoms with Gasteiger partial charge >= 0.3 is 0 Å². The Kier molecular flexibility index (Phi) is 4.83. The highest BCUT2D eigenvalue weighted by molar-refractivity contribution is 6.32. The third kappa shape index (κ3) is 3.61. The smallest absolute Gasteiger partial charge is 0.255 e. The van der Waals surface area contributed by atoms with Crippen LogP contribution in [0.1, 0.15) is 37.0 Å². The predicted octanol–water partition coefficient (Wildman–Crippen LogP) is 2.12. The van der Waals surface area contributed by atoms with Crippen LogP contribution < -0.4 is 4.74 Å². The molecular weight excluding hydrogens is 280 g/mol. The lowest BCUT2D eigenvalue weighted by Crippen LogP contribution is -2.40. The SMILES string of the molecule is CC(C)Oc1ncc(C(=O)N2CCC(O)CC2)cc1Cl. The first-order valence-corrected chi connectivity index (χ1v) is 7.14. The lowest BCUT2D eigenvalue weighted by Gasteiger charge is -2.29. The summed E-state index contributed by atoms with van der Waals surface area (Å²) < 4.78 is 5.44. The average molecular weight is 299 g/mol. The Morgan fingerprint density at radius 1 is 1.50 bits per heavy atom. The second-order valence-corrected chi connectivity index (χ2v) is 5.61. The van der Waals surface area contributed by atoms with Gasteiger partial charge in [-0.3, -0.25) is 4.79 Å². The molecule has 1 aliphatic rings. The molecule has 2 heterocycles. The Balaban J connectivity index is 2.09. The van der Waals surface area contributed by atoms with Crippen LogP contribution in [-0.4, -0.2) is 46.2 Å². The van der Waals surface area contributed by atoms with Gasteiger partial charge in [0.25, 0.3) is 5.91 Å². The number of likely N-dealkylation sites (tertiary alicyclic amines) is 1. The van der Waals surface area contributed by atoms with Crippen molar-refractivity contribution in [2.24, 2.45) is 0 Å². The summed E-state index contributed by atoms with van der Waals surface area (Å²) in [5.74, 6) is 0.231. The number of aliphatic hydroxyl groups is 1. The first kappa shape index (κ1) is 15.1. The fourth-order valence-corrected chi connectivity index (χ4v) is 2.31. The fourth-order valence-electron chi connectivity index (χ4n) is 2.10. The molecule has 0 spiro atoms. The summed E-state index contributed by atoms with van der Waals surface area (Å²) in [5.41, 5.74) is 0.447. The molecule has 0 radical (unpaired) electrons. The number of amides is 1. The van der Waals surface area contributed by atoms with Crippen molar-refractivity contribution in [3.8, 4) is 5.88 Å². The number of ether oxygens (including phenoxy) is 1. The number of rotatable bonds is 3. The quantitative estimate of drug-likeness (QED) is 0.928. The van der Waals surface area contributed by atoms with Gasteiger partial charge in [-0.2, -0.15) is 0 Å². The second-order valence-electron chi connectivity index (χ2n) is 5.20. The highest BCUT2D eigenvalue weighted by atomic mass is 35.5. The number of nitrogens with zero attached hydrogens (tertiary/aromatic N) is 2. The third-order valence-corrected chi connectivity index (χ3v) is 3.42. The zero-order chi connectivity index (χ0) is 14.7. The van der Waals surface area contributed by atoms with Crippen LogP contribution in [0.3, 0.4) is 0 Å². The van der Waals surface area contributed by atoms with Crippen LogP contribution in [0.2, 0.25) is 5.02 Å². The fraction of sp³-hybridized carbons (Fsp3) is 0.571. The van der Waals surface area contributed by atoms with Crippen molar-refractivity contribution >= 4 is 17.5 Å². The van der Waals surface area contributed by atoms with Crippen LogP contribution in [-0.2, 0) is 0 Å². The highest BCUT2D eigenvalue weighted by Gasteiger charge is 2.23. The Labute approximate surface area is 123 Å². The minimum atomic E-state index is -0.303. The molecule has 1 fully saturated rings. The molecule has 1 amide bonds. The molecule has 110 valence electrons. The summed E-state index contributed by atoms with van der Waals surface area (Å²) in [4.78, 5) is 18.1. The first-order valence-electron chi connectivity index (χ1n) is 6.77. The number of hydrogen-bond acceptors (Lipinski definition) is 4. The zero-order valence-electron chi connectivity index (χ0n) is 11.7. The van der Waals surface area contributed by atoms with E-state index in [1.54, 1.807) is 11.0 Å². The molecule has 2 rings (SSSR count). The van der Waals surface area contributed by atoms with E-state index in [-0.39, 0.29) is 18.1 Å². The summed E-state index contributed by atoms with van der Waals surface area (Å²) in [5, 5.41) is 9.79. The molecule has 1 saturated heterocycles. The largest absolute Gasteiger partial charge is 0.474 e. The van der Waals surface area contributed by atoms with E-state index in [0.29, 0.717) is 42.4 Å². The van der Waals surface area contributed by atoms with E-state index in [2.05, 4.69) is 4.98 Å². The summed E-state index contributed by atoms with van der Waals surface area (Å²) in [7, 11) is 0. The van der Waals surface area contributed by atoms with Gasteiger partial charge < -0.3 is 14.7 Å². The van der Waals surface area contributed by atoms with Gasteiger partial charge in [0, 0.05) is 19.3 Å². The number of halogens is 1. The van der Waals surface area contributed by atoms with E-state index >= 15 is 0 Å². The van der Waals surface area contributed by atoms with E-state index in [1.807, 2.05) is 13.8 Å². The summed E-state index contributed by atoms with van der Waals surface area (Å²) in [6.07, 6.45) is 2.38. The van der Waals surface area contributed by atoms with Crippen molar-refractivity contribution < 1.29 is 14.6 Å². The van der Waals surface area contributed by atoms with Crippen molar-refractivity contribution in [2.45, 2.75) is 38.9 Å². The van der Waals surface area contributed by atoms with E-state index in [4.69, 9.17) is 16.3 Å². The van der Waals surface area contributed by atoms with Crippen molar-refractivity contribution in [3.05, 3.63) is 22.8 Å². The van der Waals surface area contributed by atoms with Crippen LogP contribution in [0.15, 0.2) is 12.3 Å². The summed E-state index contributed by atoms with van der Waals surface area (Å²) in [6.45, 7) is 4.88. The average Bonchev–Trinajstić information content (AvgIpc) is 2.41. The molecule has 0 bridgehead atoms. The molecule has 6 heteroatoms. The Bertz CT molecular complexity index is 485. The van der Waals surface area contributed by atoms with Crippen molar-refractivity contribution in [1.82, 2.24) is 9.88 Å². The normalized spacial score (nSPS) is 16.6. The van der Waals surface area contributed by atoms with Crippen LogP contribution >= 0.6 is 11.6 Å². The van der Waals surface area contributed by atoms with Gasteiger partial charge in [-0.05, 0) is 32.8 Å². The van der Waals surface area contributed by atoms with E-state index in [1.165, 1.54) is 6.20 Å². The molecule has 0 aliphatic carbocycles. The van der Waals surface area contributed by atoms with Crippen LogP contribution in [0.4, 0.5) is 0 Å². The van der Waals surface area contributed by atoms with Gasteiger partial charge in [0.15, 0.2) is 0 Å². The first-order chi connectivity index (χ1) is 9.47. The molecule has 1 N–H and O–H groups in total. The third-order valence-electron chi connectivity index (χ3n) is 3.15. The van der Waals surface area contributed by atoms with Gasteiger partial charge in [0.05, 0.1) is 17.8 Å². The molecule has 1 aliphatic heterocycles. The monoisotopic (exact) mass is 298 g/mol. The van der Waals surface area contributed by atoms with Crippen molar-refractivity contribution in [3.63, 3.8) is 0 Å². The predicted molar refractivity (Wildman–Crippen MR) is 76.2 cm³/mol. The minimum absolute atomic E-state index is 0.0230. The number of piperidine rings is 1. The molecule has 0 saturated carbocycles. The summed E-state index contributed by atoms with van der Waals surface area (Å²) >= 11 is 6.08. The summed E-state index contributed by atoms with van der Waals surface area (Å²) in [6, 6.07) is 1.58. The number of pyridine rings is 1. The number of aromatic nitrogens is 1. The number of aliphatic hydroxyl groups excluding tert-OH is 1. The minimum Gasteiger partial charge on any atom is -0.474 e. The Morgan fingerprint density at radius 3 is 2.70 bits per heavy atom. The van der Waals surface area contributed by atoms with Gasteiger partial charge in [-0.25, -0.2) is 4.98 Å². The second kappa shape index (κ2) is 6.41. The maximum atomic E-state index is 12.3. The molecule has 1 aromatic heterocycles. The van der Waals surface area contributed by atoms with Crippen molar-refractivity contribution in [1.29, 1.82) is 0 Å². The lowest BCUT2D eigenvalue weighted by atomic mass is 10.1. The van der Waals surface area contributed by atoms with Gasteiger partial charge in [0.2, 0.25) is 5.88 Å². The molecule has 0 atom stereocenters. The number of carbonyl (C=O) groups excluding carboxylic acids is 1. The van der Waals surface area contributed by atoms with Crippen molar-refractivity contribution in [2.75, 3.05) is 13.1 Å². The van der Waals surface area contributed by atoms with Gasteiger partial charge in [-0.15, -0.1) is 0 Å². The van der Waals surface area contributed by atoms with E-state index < -0.39 is 0 Å². The maximum absolute atomic E-state index is 12.3. The maximum Gasteiger partial charge on any atom is 0.255 e.